The minimum atomic E-state index is -0.234. The molecular formula is C25H25N7O. The van der Waals surface area contributed by atoms with E-state index in [1.54, 1.807) is 23.3 Å². The first-order valence-corrected chi connectivity index (χ1v) is 11.0. The number of benzene rings is 2. The fraction of sp³-hybridized carbons (Fsp3) is 0.200. The van der Waals surface area contributed by atoms with Gasteiger partial charge in [-0.3, -0.25) is 4.79 Å². The summed E-state index contributed by atoms with van der Waals surface area (Å²) >= 11 is 0. The monoisotopic (exact) mass is 439 g/mol. The van der Waals surface area contributed by atoms with Gasteiger partial charge in [-0.25, -0.2) is 14.6 Å². The predicted octanol–water partition coefficient (Wildman–Crippen LogP) is 3.55. The minimum absolute atomic E-state index is 0.234. The van der Waals surface area contributed by atoms with E-state index in [1.807, 2.05) is 43.3 Å². The highest BCUT2D eigenvalue weighted by atomic mass is 16.1. The summed E-state index contributed by atoms with van der Waals surface area (Å²) in [5.74, 6) is 0.441. The molecule has 3 heterocycles. The van der Waals surface area contributed by atoms with Gasteiger partial charge in [-0.1, -0.05) is 36.4 Å². The van der Waals surface area contributed by atoms with Gasteiger partial charge in [0.05, 0.1) is 41.2 Å². The fourth-order valence-corrected chi connectivity index (χ4v) is 4.01. The van der Waals surface area contributed by atoms with Gasteiger partial charge >= 0.3 is 0 Å². The Bertz CT molecular complexity index is 1210. The summed E-state index contributed by atoms with van der Waals surface area (Å²) in [5, 5.41) is 7.24. The number of para-hydroxylation sites is 2. The highest BCUT2D eigenvalue weighted by Gasteiger charge is 2.20. The highest BCUT2D eigenvalue weighted by Crippen LogP contribution is 2.19. The molecule has 1 amide bonds. The third-order valence-electron chi connectivity index (χ3n) is 5.84. The number of aromatic nitrogens is 4. The van der Waals surface area contributed by atoms with Gasteiger partial charge in [0.25, 0.3) is 5.91 Å². The zero-order valence-electron chi connectivity index (χ0n) is 18.4. The lowest BCUT2D eigenvalue weighted by Crippen LogP contribution is -2.47. The third-order valence-corrected chi connectivity index (χ3v) is 5.84. The number of hydrogen-bond donors (Lipinski definition) is 1. The smallest absolute Gasteiger partial charge is 0.259 e. The first-order valence-electron chi connectivity index (χ1n) is 11.0. The van der Waals surface area contributed by atoms with Crippen molar-refractivity contribution in [2.75, 3.05) is 41.3 Å². The Hall–Kier alpha value is -4.20. The molecular weight excluding hydrogens is 414 g/mol. The van der Waals surface area contributed by atoms with Crippen LogP contribution < -0.4 is 15.1 Å². The van der Waals surface area contributed by atoms with E-state index in [4.69, 9.17) is 0 Å². The molecule has 0 atom stereocenters. The zero-order chi connectivity index (χ0) is 22.6. The van der Waals surface area contributed by atoms with Crippen molar-refractivity contribution in [2.24, 2.45) is 0 Å². The maximum atomic E-state index is 12.8. The molecule has 0 saturated carbocycles. The number of piperazine rings is 1. The first kappa shape index (κ1) is 20.7. The molecule has 1 fully saturated rings. The number of carbonyl (C=O) groups is 1. The lowest BCUT2D eigenvalue weighted by Gasteiger charge is -2.36. The molecule has 5 rings (SSSR count). The topological polar surface area (TPSA) is 79.2 Å². The fourth-order valence-electron chi connectivity index (χ4n) is 4.01. The Morgan fingerprint density at radius 2 is 1.36 bits per heavy atom. The number of amides is 1. The summed E-state index contributed by atoms with van der Waals surface area (Å²) < 4.78 is 1.75. The SMILES string of the molecule is Cc1c(C(=O)Nc2cnc(N3CCN(c4ccccc4)CC3)nc2)cnn1-c1ccccc1. The Morgan fingerprint density at radius 3 is 2.00 bits per heavy atom. The Kier molecular flexibility index (Phi) is 5.72. The Morgan fingerprint density at radius 1 is 0.788 bits per heavy atom. The van der Waals surface area contributed by atoms with Crippen LogP contribution in [0.2, 0.25) is 0 Å². The van der Waals surface area contributed by atoms with Gasteiger partial charge in [0.2, 0.25) is 5.95 Å². The van der Waals surface area contributed by atoms with Crippen LogP contribution in [0.5, 0.6) is 0 Å². The molecule has 4 aromatic rings. The maximum Gasteiger partial charge on any atom is 0.259 e. The van der Waals surface area contributed by atoms with Crippen molar-refractivity contribution in [3.05, 3.63) is 90.5 Å². The van der Waals surface area contributed by atoms with Crippen LogP contribution in [0.4, 0.5) is 17.3 Å². The summed E-state index contributed by atoms with van der Waals surface area (Å²) in [7, 11) is 0. The molecule has 0 radical (unpaired) electrons. The van der Waals surface area contributed by atoms with E-state index in [9.17, 15) is 4.79 Å². The molecule has 1 aliphatic heterocycles. The van der Waals surface area contributed by atoms with Crippen molar-refractivity contribution in [2.45, 2.75) is 6.92 Å². The number of rotatable bonds is 5. The van der Waals surface area contributed by atoms with Crippen molar-refractivity contribution >= 4 is 23.2 Å². The van der Waals surface area contributed by atoms with E-state index in [0.717, 1.165) is 37.6 Å². The summed E-state index contributed by atoms with van der Waals surface area (Å²) in [5.41, 5.74) is 3.99. The molecule has 0 bridgehead atoms. The van der Waals surface area contributed by atoms with Gasteiger partial charge in [0, 0.05) is 31.9 Å². The molecule has 8 heteroatoms. The Labute approximate surface area is 192 Å². The van der Waals surface area contributed by atoms with Crippen LogP contribution in [0.25, 0.3) is 5.69 Å². The van der Waals surface area contributed by atoms with Gasteiger partial charge < -0.3 is 15.1 Å². The molecule has 2 aromatic carbocycles. The van der Waals surface area contributed by atoms with Crippen LogP contribution in [0, 0.1) is 6.92 Å². The van der Waals surface area contributed by atoms with Crippen molar-refractivity contribution in [3.8, 4) is 5.69 Å². The average molecular weight is 440 g/mol. The summed E-state index contributed by atoms with van der Waals surface area (Å²) in [6, 6.07) is 20.2. The lowest BCUT2D eigenvalue weighted by molar-refractivity contribution is 0.102. The van der Waals surface area contributed by atoms with Crippen molar-refractivity contribution < 1.29 is 4.79 Å². The average Bonchev–Trinajstić information content (AvgIpc) is 3.27. The molecule has 0 unspecified atom stereocenters. The van der Waals surface area contributed by atoms with Crippen LogP contribution in [0.3, 0.4) is 0 Å². The van der Waals surface area contributed by atoms with Crippen molar-refractivity contribution in [1.82, 2.24) is 19.7 Å². The van der Waals surface area contributed by atoms with E-state index in [0.29, 0.717) is 17.2 Å². The molecule has 33 heavy (non-hydrogen) atoms. The van der Waals surface area contributed by atoms with E-state index in [1.165, 1.54) is 5.69 Å². The molecule has 8 nitrogen and oxygen atoms in total. The number of nitrogens with one attached hydrogen (secondary N) is 1. The number of anilines is 3. The van der Waals surface area contributed by atoms with E-state index < -0.39 is 0 Å². The number of carbonyl (C=O) groups excluding carboxylic acids is 1. The minimum Gasteiger partial charge on any atom is -0.368 e. The van der Waals surface area contributed by atoms with Crippen LogP contribution >= 0.6 is 0 Å². The largest absolute Gasteiger partial charge is 0.368 e. The zero-order valence-corrected chi connectivity index (χ0v) is 18.4. The Balaban J connectivity index is 1.21. The molecule has 166 valence electrons. The molecule has 1 N–H and O–H groups in total. The second-order valence-electron chi connectivity index (χ2n) is 7.93. The van der Waals surface area contributed by atoms with Gasteiger partial charge in [0.1, 0.15) is 0 Å². The van der Waals surface area contributed by atoms with Crippen molar-refractivity contribution in [3.63, 3.8) is 0 Å². The van der Waals surface area contributed by atoms with E-state index in [-0.39, 0.29) is 5.91 Å². The van der Waals surface area contributed by atoms with Crippen molar-refractivity contribution in [1.29, 1.82) is 0 Å². The molecule has 0 aliphatic carbocycles. The standard InChI is InChI=1S/C25H25N7O/c1-19-23(18-28-32(19)22-10-6-3-7-11-22)24(33)29-20-16-26-25(27-17-20)31-14-12-30(13-15-31)21-8-4-2-5-9-21/h2-11,16-18H,12-15H2,1H3,(H,29,33). The van der Waals surface area contributed by atoms with Crippen LogP contribution in [-0.4, -0.2) is 51.8 Å². The molecule has 1 aliphatic rings. The van der Waals surface area contributed by atoms with Gasteiger partial charge in [-0.15, -0.1) is 0 Å². The quantitative estimate of drug-likeness (QED) is 0.512. The second-order valence-corrected chi connectivity index (χ2v) is 7.93. The predicted molar refractivity (Wildman–Crippen MR) is 129 cm³/mol. The summed E-state index contributed by atoms with van der Waals surface area (Å²) in [6.07, 6.45) is 4.89. The van der Waals surface area contributed by atoms with E-state index >= 15 is 0 Å². The van der Waals surface area contributed by atoms with Gasteiger partial charge in [-0.2, -0.15) is 5.10 Å². The summed E-state index contributed by atoms with van der Waals surface area (Å²) in [4.78, 5) is 26.3. The second kappa shape index (κ2) is 9.12. The molecule has 2 aromatic heterocycles. The van der Waals surface area contributed by atoms with Gasteiger partial charge in [0.15, 0.2) is 0 Å². The van der Waals surface area contributed by atoms with Crippen LogP contribution in [0.1, 0.15) is 16.1 Å². The van der Waals surface area contributed by atoms with E-state index in [2.05, 4.69) is 54.4 Å². The highest BCUT2D eigenvalue weighted by molar-refractivity contribution is 6.04. The number of hydrogen-bond acceptors (Lipinski definition) is 6. The molecule has 1 saturated heterocycles. The van der Waals surface area contributed by atoms with Crippen LogP contribution in [-0.2, 0) is 0 Å². The maximum absolute atomic E-state index is 12.8. The normalized spacial score (nSPS) is 13.7. The summed E-state index contributed by atoms with van der Waals surface area (Å²) in [6.45, 7) is 5.40. The lowest BCUT2D eigenvalue weighted by atomic mass is 10.2. The van der Waals surface area contributed by atoms with Gasteiger partial charge in [-0.05, 0) is 31.2 Å². The van der Waals surface area contributed by atoms with Crippen LogP contribution in [0.15, 0.2) is 79.3 Å². The first-order chi connectivity index (χ1) is 16.2. The third kappa shape index (κ3) is 4.41. The number of nitrogens with zero attached hydrogens (tertiary/aromatic N) is 6. The molecule has 0 spiro atoms.